The van der Waals surface area contributed by atoms with Crippen LogP contribution < -0.4 is 10.5 Å². The largest absolute Gasteiger partial charge is 0.481 e. The Morgan fingerprint density at radius 3 is 2.25 bits per heavy atom. The minimum absolute atomic E-state index is 0.539. The third-order valence-electron chi connectivity index (χ3n) is 2.26. The maximum absolute atomic E-state index is 5.52. The van der Waals surface area contributed by atoms with E-state index in [-0.39, 0.29) is 0 Å². The molecule has 2 heterocycles. The predicted octanol–water partition coefficient (Wildman–Crippen LogP) is 1.66. The fourth-order valence-electron chi connectivity index (χ4n) is 1.41. The van der Waals surface area contributed by atoms with Gasteiger partial charge in [0, 0.05) is 24.9 Å². The predicted molar refractivity (Wildman–Crippen MR) is 62.2 cm³/mol. The summed E-state index contributed by atoms with van der Waals surface area (Å²) >= 11 is 0. The summed E-state index contributed by atoms with van der Waals surface area (Å²) in [4.78, 5) is 8.19. The first-order valence-corrected chi connectivity index (χ1v) is 4.97. The molecule has 16 heavy (non-hydrogen) atoms. The van der Waals surface area contributed by atoms with Crippen LogP contribution in [0.2, 0.25) is 0 Å². The summed E-state index contributed by atoms with van der Waals surface area (Å²) < 4.78 is 5.00. The van der Waals surface area contributed by atoms with Crippen molar-refractivity contribution in [3.8, 4) is 5.88 Å². The number of ether oxygens (including phenoxy) is 1. The van der Waals surface area contributed by atoms with Gasteiger partial charge in [0.05, 0.1) is 7.11 Å². The lowest BCUT2D eigenvalue weighted by atomic mass is 10.1. The molecule has 0 aliphatic carbocycles. The molecule has 4 heteroatoms. The number of nitrogens with zero attached hydrogens (tertiary/aromatic N) is 2. The first kappa shape index (κ1) is 10.4. The van der Waals surface area contributed by atoms with Crippen molar-refractivity contribution >= 4 is 5.82 Å². The SMILES string of the molecule is COc1ccc(Cc2ccc(N)nc2)cn1. The zero-order valence-electron chi connectivity index (χ0n) is 9.05. The van der Waals surface area contributed by atoms with Gasteiger partial charge < -0.3 is 10.5 Å². The molecule has 2 aromatic rings. The van der Waals surface area contributed by atoms with Gasteiger partial charge in [0.15, 0.2) is 0 Å². The van der Waals surface area contributed by atoms with Crippen LogP contribution >= 0.6 is 0 Å². The molecule has 82 valence electrons. The van der Waals surface area contributed by atoms with E-state index in [1.807, 2.05) is 18.2 Å². The van der Waals surface area contributed by atoms with Gasteiger partial charge in [-0.15, -0.1) is 0 Å². The topological polar surface area (TPSA) is 61.0 Å². The van der Waals surface area contributed by atoms with Gasteiger partial charge >= 0.3 is 0 Å². The van der Waals surface area contributed by atoms with E-state index in [1.54, 1.807) is 25.6 Å². The standard InChI is InChI=1S/C12H13N3O/c1-16-12-5-3-10(8-15-12)6-9-2-4-11(13)14-7-9/h2-5,7-8H,6H2,1H3,(H2,13,14). The van der Waals surface area contributed by atoms with Gasteiger partial charge in [0.25, 0.3) is 0 Å². The summed E-state index contributed by atoms with van der Waals surface area (Å²) in [6.07, 6.45) is 4.37. The van der Waals surface area contributed by atoms with Crippen molar-refractivity contribution in [3.63, 3.8) is 0 Å². The zero-order chi connectivity index (χ0) is 11.4. The van der Waals surface area contributed by atoms with Gasteiger partial charge in [-0.05, 0) is 17.2 Å². The highest BCUT2D eigenvalue weighted by Gasteiger charge is 1.98. The van der Waals surface area contributed by atoms with E-state index in [1.165, 1.54) is 0 Å². The molecule has 2 aromatic heterocycles. The molecule has 0 atom stereocenters. The Morgan fingerprint density at radius 2 is 1.75 bits per heavy atom. The molecular weight excluding hydrogens is 202 g/mol. The number of hydrogen-bond donors (Lipinski definition) is 1. The fourth-order valence-corrected chi connectivity index (χ4v) is 1.41. The van der Waals surface area contributed by atoms with E-state index in [9.17, 15) is 0 Å². The quantitative estimate of drug-likeness (QED) is 0.845. The third kappa shape index (κ3) is 2.48. The molecule has 0 aliphatic rings. The van der Waals surface area contributed by atoms with Crippen LogP contribution in [-0.2, 0) is 6.42 Å². The van der Waals surface area contributed by atoms with Crippen molar-refractivity contribution < 1.29 is 4.74 Å². The van der Waals surface area contributed by atoms with Crippen molar-refractivity contribution in [3.05, 3.63) is 47.8 Å². The first-order chi connectivity index (χ1) is 7.78. The Kier molecular flexibility index (Phi) is 3.00. The van der Waals surface area contributed by atoms with Crippen molar-refractivity contribution in [2.75, 3.05) is 12.8 Å². The van der Waals surface area contributed by atoms with Crippen LogP contribution in [0.25, 0.3) is 0 Å². The minimum atomic E-state index is 0.539. The van der Waals surface area contributed by atoms with E-state index in [2.05, 4.69) is 9.97 Å². The summed E-state index contributed by atoms with van der Waals surface area (Å²) in [5.41, 5.74) is 7.75. The lowest BCUT2D eigenvalue weighted by Crippen LogP contribution is -1.94. The molecule has 0 saturated carbocycles. The van der Waals surface area contributed by atoms with Crippen molar-refractivity contribution in [1.82, 2.24) is 9.97 Å². The summed E-state index contributed by atoms with van der Waals surface area (Å²) in [6, 6.07) is 7.60. The van der Waals surface area contributed by atoms with Gasteiger partial charge in [-0.1, -0.05) is 12.1 Å². The van der Waals surface area contributed by atoms with Gasteiger partial charge in [-0.25, -0.2) is 9.97 Å². The number of anilines is 1. The highest BCUT2D eigenvalue weighted by atomic mass is 16.5. The number of aromatic nitrogens is 2. The van der Waals surface area contributed by atoms with Crippen LogP contribution in [0.15, 0.2) is 36.7 Å². The van der Waals surface area contributed by atoms with Crippen LogP contribution in [-0.4, -0.2) is 17.1 Å². The highest BCUT2D eigenvalue weighted by Crippen LogP contribution is 2.11. The number of nitrogens with two attached hydrogens (primary N) is 1. The third-order valence-corrected chi connectivity index (χ3v) is 2.26. The summed E-state index contributed by atoms with van der Waals surface area (Å²) in [5, 5.41) is 0. The Balaban J connectivity index is 2.11. The van der Waals surface area contributed by atoms with Crippen molar-refractivity contribution in [2.45, 2.75) is 6.42 Å². The number of pyridine rings is 2. The van der Waals surface area contributed by atoms with Crippen LogP contribution in [0.1, 0.15) is 11.1 Å². The summed E-state index contributed by atoms with van der Waals surface area (Å²) in [7, 11) is 1.60. The maximum Gasteiger partial charge on any atom is 0.212 e. The van der Waals surface area contributed by atoms with E-state index in [0.29, 0.717) is 11.7 Å². The van der Waals surface area contributed by atoms with E-state index in [0.717, 1.165) is 17.5 Å². The Morgan fingerprint density at radius 1 is 1.06 bits per heavy atom. The van der Waals surface area contributed by atoms with Crippen molar-refractivity contribution in [2.24, 2.45) is 0 Å². The lowest BCUT2D eigenvalue weighted by molar-refractivity contribution is 0.397. The molecule has 4 nitrogen and oxygen atoms in total. The molecule has 0 bridgehead atoms. The molecule has 0 aromatic carbocycles. The molecule has 2 rings (SSSR count). The van der Waals surface area contributed by atoms with Crippen molar-refractivity contribution in [1.29, 1.82) is 0 Å². The molecule has 0 fully saturated rings. The van der Waals surface area contributed by atoms with E-state index < -0.39 is 0 Å². The van der Waals surface area contributed by atoms with Crippen LogP contribution in [0, 0.1) is 0 Å². The smallest absolute Gasteiger partial charge is 0.212 e. The minimum Gasteiger partial charge on any atom is -0.481 e. The number of rotatable bonds is 3. The molecule has 0 unspecified atom stereocenters. The highest BCUT2D eigenvalue weighted by molar-refractivity contribution is 5.32. The molecular formula is C12H13N3O. The van der Waals surface area contributed by atoms with Gasteiger partial charge in [-0.3, -0.25) is 0 Å². The summed E-state index contributed by atoms with van der Waals surface area (Å²) in [6.45, 7) is 0. The molecule has 0 aliphatic heterocycles. The Hall–Kier alpha value is -2.10. The number of methoxy groups -OCH3 is 1. The molecule has 0 amide bonds. The normalized spacial score (nSPS) is 10.1. The number of nitrogen functional groups attached to an aromatic ring is 1. The van der Waals surface area contributed by atoms with Gasteiger partial charge in [0.2, 0.25) is 5.88 Å². The van der Waals surface area contributed by atoms with Gasteiger partial charge in [0.1, 0.15) is 5.82 Å². The average molecular weight is 215 g/mol. The second kappa shape index (κ2) is 4.61. The fraction of sp³-hybridized carbons (Fsp3) is 0.167. The average Bonchev–Trinajstić information content (AvgIpc) is 2.33. The maximum atomic E-state index is 5.52. The summed E-state index contributed by atoms with van der Waals surface area (Å²) in [5.74, 6) is 1.16. The Bertz CT molecular complexity index is 451. The molecule has 0 spiro atoms. The molecule has 2 N–H and O–H groups in total. The van der Waals surface area contributed by atoms with E-state index in [4.69, 9.17) is 10.5 Å². The second-order valence-corrected chi connectivity index (χ2v) is 3.48. The van der Waals surface area contributed by atoms with E-state index >= 15 is 0 Å². The van der Waals surface area contributed by atoms with Crippen LogP contribution in [0.3, 0.4) is 0 Å². The lowest BCUT2D eigenvalue weighted by Gasteiger charge is -2.03. The van der Waals surface area contributed by atoms with Crippen LogP contribution in [0.4, 0.5) is 5.82 Å². The monoisotopic (exact) mass is 215 g/mol. The van der Waals surface area contributed by atoms with Gasteiger partial charge in [-0.2, -0.15) is 0 Å². The molecule has 0 saturated heterocycles. The first-order valence-electron chi connectivity index (χ1n) is 4.97. The second-order valence-electron chi connectivity index (χ2n) is 3.48. The van der Waals surface area contributed by atoms with Crippen LogP contribution in [0.5, 0.6) is 5.88 Å². The zero-order valence-corrected chi connectivity index (χ0v) is 9.05. The Labute approximate surface area is 94.1 Å². The number of hydrogen-bond acceptors (Lipinski definition) is 4. The molecule has 0 radical (unpaired) electrons.